The highest BCUT2D eigenvalue weighted by Crippen LogP contribution is 2.60. The maximum atomic E-state index is 12.8. The second-order valence-electron chi connectivity index (χ2n) is 8.40. The molecule has 1 aliphatic heterocycles. The maximum absolute atomic E-state index is 12.8. The lowest BCUT2D eigenvalue weighted by molar-refractivity contribution is -0.142. The summed E-state index contributed by atoms with van der Waals surface area (Å²) in [6.07, 6.45) is 8.48. The fourth-order valence-electron chi connectivity index (χ4n) is 4.65. The Bertz CT molecular complexity index is 528. The number of fused-ring (bicyclic) bond motifs is 2. The number of allylic oxidation sites excluding steroid dienone is 3. The average molecular weight is 302 g/mol. The van der Waals surface area contributed by atoms with Gasteiger partial charge < -0.3 is 4.74 Å². The van der Waals surface area contributed by atoms with E-state index in [1.807, 2.05) is 0 Å². The van der Waals surface area contributed by atoms with Crippen LogP contribution in [0.1, 0.15) is 66.2 Å². The first-order valence-corrected chi connectivity index (χ1v) is 8.78. The first kappa shape index (κ1) is 16.0. The van der Waals surface area contributed by atoms with Crippen LogP contribution in [0.3, 0.4) is 0 Å². The van der Waals surface area contributed by atoms with Crippen LogP contribution in [0.15, 0.2) is 23.8 Å². The van der Waals surface area contributed by atoms with E-state index >= 15 is 0 Å². The Morgan fingerprint density at radius 2 is 2.09 bits per heavy atom. The lowest BCUT2D eigenvalue weighted by atomic mass is 9.49. The van der Waals surface area contributed by atoms with E-state index < -0.39 is 0 Å². The van der Waals surface area contributed by atoms with Crippen LogP contribution < -0.4 is 0 Å². The van der Waals surface area contributed by atoms with Gasteiger partial charge in [-0.15, -0.1) is 0 Å². The van der Waals surface area contributed by atoms with Gasteiger partial charge in [0.25, 0.3) is 0 Å². The van der Waals surface area contributed by atoms with Crippen LogP contribution in [0, 0.1) is 17.3 Å². The number of carbonyl (C=O) groups is 1. The Labute approximate surface area is 135 Å². The van der Waals surface area contributed by atoms with E-state index in [0.29, 0.717) is 30.1 Å². The summed E-state index contributed by atoms with van der Waals surface area (Å²) in [6, 6.07) is 0. The summed E-state index contributed by atoms with van der Waals surface area (Å²) in [6.45, 7) is 12.9. The van der Waals surface area contributed by atoms with E-state index in [1.165, 1.54) is 11.1 Å². The smallest absolute Gasteiger partial charge is 0.142 e. The summed E-state index contributed by atoms with van der Waals surface area (Å²) < 4.78 is 5.91. The summed E-state index contributed by atoms with van der Waals surface area (Å²) in [4.78, 5) is 12.8. The van der Waals surface area contributed by atoms with Crippen molar-refractivity contribution >= 4 is 5.78 Å². The molecule has 0 bridgehead atoms. The molecule has 22 heavy (non-hydrogen) atoms. The monoisotopic (exact) mass is 302 g/mol. The second-order valence-corrected chi connectivity index (χ2v) is 8.40. The quantitative estimate of drug-likeness (QED) is 0.551. The highest BCUT2D eigenvalue weighted by atomic mass is 16.6. The van der Waals surface area contributed by atoms with Gasteiger partial charge in [0, 0.05) is 11.8 Å². The van der Waals surface area contributed by atoms with Gasteiger partial charge in [0.15, 0.2) is 0 Å². The first-order chi connectivity index (χ1) is 10.3. The third-order valence-electron chi connectivity index (χ3n) is 6.52. The molecule has 0 radical (unpaired) electrons. The largest absolute Gasteiger partial charge is 0.366 e. The number of hydrogen-bond acceptors (Lipinski definition) is 2. The summed E-state index contributed by atoms with van der Waals surface area (Å²) in [5, 5.41) is 0. The summed E-state index contributed by atoms with van der Waals surface area (Å²) in [7, 11) is 0. The van der Waals surface area contributed by atoms with Crippen molar-refractivity contribution in [2.75, 3.05) is 0 Å². The predicted molar refractivity (Wildman–Crippen MR) is 89.6 cm³/mol. The van der Waals surface area contributed by atoms with Gasteiger partial charge in [-0.2, -0.15) is 0 Å². The molecular weight excluding hydrogens is 272 g/mol. The highest BCUT2D eigenvalue weighted by Gasteiger charge is 2.58. The standard InChI is InChI=1S/C20H30O2/c1-13(2)6-8-17(21)19(4)12-15-14(3)7-9-18-20(5,22-18)11-10-16(15)19/h6,15-16,18H,3,7-12H2,1-2,4-5H3. The van der Waals surface area contributed by atoms with Crippen LogP contribution in [0.4, 0.5) is 0 Å². The van der Waals surface area contributed by atoms with Crippen LogP contribution in [0.25, 0.3) is 0 Å². The van der Waals surface area contributed by atoms with Crippen molar-refractivity contribution in [3.63, 3.8) is 0 Å². The molecule has 3 fully saturated rings. The van der Waals surface area contributed by atoms with Gasteiger partial charge in [0.2, 0.25) is 0 Å². The topological polar surface area (TPSA) is 29.6 Å². The molecule has 0 N–H and O–H groups in total. The second kappa shape index (κ2) is 5.33. The van der Waals surface area contributed by atoms with E-state index in [0.717, 1.165) is 32.1 Å². The van der Waals surface area contributed by atoms with E-state index in [-0.39, 0.29) is 11.0 Å². The number of rotatable bonds is 3. The SMILES string of the molecule is C=C1CCC2OC2(C)CCC2C1CC2(C)C(=O)CC=C(C)C. The molecule has 3 aliphatic rings. The molecule has 0 amide bonds. The van der Waals surface area contributed by atoms with Crippen molar-refractivity contribution in [1.29, 1.82) is 0 Å². The van der Waals surface area contributed by atoms with Crippen LogP contribution >= 0.6 is 0 Å². The minimum atomic E-state index is -0.148. The van der Waals surface area contributed by atoms with E-state index in [9.17, 15) is 4.79 Å². The van der Waals surface area contributed by atoms with Gasteiger partial charge in [0.1, 0.15) is 5.78 Å². The maximum Gasteiger partial charge on any atom is 0.142 e. The van der Waals surface area contributed by atoms with Gasteiger partial charge in [0.05, 0.1) is 11.7 Å². The third kappa shape index (κ3) is 2.60. The molecule has 122 valence electrons. The molecule has 1 heterocycles. The number of carbonyl (C=O) groups excluding carboxylic acids is 1. The molecule has 5 atom stereocenters. The zero-order valence-corrected chi connectivity index (χ0v) is 14.6. The summed E-state index contributed by atoms with van der Waals surface area (Å²) >= 11 is 0. The van der Waals surface area contributed by atoms with E-state index in [2.05, 4.69) is 40.3 Å². The number of ketones is 1. The lowest BCUT2D eigenvalue weighted by Gasteiger charge is -2.53. The Morgan fingerprint density at radius 3 is 2.77 bits per heavy atom. The fourth-order valence-corrected chi connectivity index (χ4v) is 4.65. The fraction of sp³-hybridized carbons (Fsp3) is 0.750. The number of hydrogen-bond donors (Lipinski definition) is 0. The third-order valence-corrected chi connectivity index (χ3v) is 6.52. The van der Waals surface area contributed by atoms with E-state index in [1.54, 1.807) is 0 Å². The number of Topliss-reactive ketones (excluding diaryl/α,β-unsaturated/α-hetero) is 1. The van der Waals surface area contributed by atoms with Crippen LogP contribution in [0.2, 0.25) is 0 Å². The molecule has 0 aromatic rings. The van der Waals surface area contributed by atoms with Crippen LogP contribution in [-0.2, 0) is 9.53 Å². The Hall–Kier alpha value is -0.890. The van der Waals surface area contributed by atoms with Crippen molar-refractivity contribution in [2.45, 2.75) is 77.9 Å². The van der Waals surface area contributed by atoms with E-state index in [4.69, 9.17) is 4.74 Å². The van der Waals surface area contributed by atoms with Crippen LogP contribution in [0.5, 0.6) is 0 Å². The molecule has 1 saturated heterocycles. The zero-order chi connectivity index (χ0) is 16.1. The van der Waals surface area contributed by atoms with Crippen LogP contribution in [-0.4, -0.2) is 17.5 Å². The minimum absolute atomic E-state index is 0.0780. The molecule has 0 spiro atoms. The Morgan fingerprint density at radius 1 is 1.36 bits per heavy atom. The number of ether oxygens (including phenoxy) is 1. The summed E-state index contributed by atoms with van der Waals surface area (Å²) in [5.41, 5.74) is 2.52. The normalized spacial score (nSPS) is 43.6. The van der Waals surface area contributed by atoms with Gasteiger partial charge >= 0.3 is 0 Å². The van der Waals surface area contributed by atoms with Gasteiger partial charge in [-0.25, -0.2) is 0 Å². The van der Waals surface area contributed by atoms with Gasteiger partial charge in [-0.05, 0) is 64.7 Å². The predicted octanol–water partition coefficient (Wildman–Crippen LogP) is 4.84. The van der Waals surface area contributed by atoms with Gasteiger partial charge in [-0.1, -0.05) is 30.7 Å². The molecular formula is C20H30O2. The summed E-state index contributed by atoms with van der Waals surface area (Å²) in [5.74, 6) is 1.44. The van der Waals surface area contributed by atoms with Crippen molar-refractivity contribution in [3.05, 3.63) is 23.8 Å². The molecule has 2 nitrogen and oxygen atoms in total. The molecule has 5 unspecified atom stereocenters. The molecule has 2 heteroatoms. The number of epoxide rings is 1. The molecule has 2 saturated carbocycles. The average Bonchev–Trinajstić information content (AvgIpc) is 3.08. The zero-order valence-electron chi connectivity index (χ0n) is 14.6. The minimum Gasteiger partial charge on any atom is -0.366 e. The molecule has 3 rings (SSSR count). The van der Waals surface area contributed by atoms with Gasteiger partial charge in [-0.3, -0.25) is 4.79 Å². The molecule has 0 aromatic heterocycles. The van der Waals surface area contributed by atoms with Crippen molar-refractivity contribution in [2.24, 2.45) is 17.3 Å². The molecule has 0 aromatic carbocycles. The highest BCUT2D eigenvalue weighted by molar-refractivity contribution is 5.87. The van der Waals surface area contributed by atoms with Crippen molar-refractivity contribution in [3.8, 4) is 0 Å². The molecule has 2 aliphatic carbocycles. The van der Waals surface area contributed by atoms with Crippen molar-refractivity contribution < 1.29 is 9.53 Å². The Kier molecular flexibility index (Phi) is 3.87. The van der Waals surface area contributed by atoms with Crippen molar-refractivity contribution in [1.82, 2.24) is 0 Å². The first-order valence-electron chi connectivity index (χ1n) is 8.78. The Balaban J connectivity index is 1.74. The lowest BCUT2D eigenvalue weighted by Crippen LogP contribution is -2.51.